The number of nitrogens with one attached hydrogen (secondary N) is 2. The molecule has 162 valence electrons. The van der Waals surface area contributed by atoms with Gasteiger partial charge in [0.15, 0.2) is 5.82 Å². The molecule has 0 radical (unpaired) electrons. The quantitative estimate of drug-likeness (QED) is 0.434. The van der Waals surface area contributed by atoms with Crippen molar-refractivity contribution in [2.75, 3.05) is 0 Å². The summed E-state index contributed by atoms with van der Waals surface area (Å²) >= 11 is 0. The zero-order valence-electron chi connectivity index (χ0n) is 16.8. The second-order valence-electron chi connectivity index (χ2n) is 7.48. The lowest BCUT2D eigenvalue weighted by molar-refractivity contribution is 0.613. The maximum atomic E-state index is 15.0. The molecule has 4 heterocycles. The molecule has 0 fully saturated rings. The van der Waals surface area contributed by atoms with Crippen LogP contribution in [-0.2, 0) is 6.54 Å². The van der Waals surface area contributed by atoms with Crippen LogP contribution in [0.15, 0.2) is 65.7 Å². The number of H-pyrrole nitrogens is 2. The van der Waals surface area contributed by atoms with E-state index in [9.17, 15) is 13.6 Å². The van der Waals surface area contributed by atoms with Crippen molar-refractivity contribution in [1.29, 1.82) is 0 Å². The van der Waals surface area contributed by atoms with Crippen LogP contribution < -0.4 is 5.69 Å². The van der Waals surface area contributed by atoms with Gasteiger partial charge in [-0.2, -0.15) is 5.10 Å². The summed E-state index contributed by atoms with van der Waals surface area (Å²) < 4.78 is 31.3. The number of aromatic amines is 2. The summed E-state index contributed by atoms with van der Waals surface area (Å²) in [6, 6.07) is 13.0. The van der Waals surface area contributed by atoms with E-state index < -0.39 is 11.6 Å². The third-order valence-electron chi connectivity index (χ3n) is 5.36. The highest BCUT2D eigenvalue weighted by Gasteiger charge is 2.16. The maximum absolute atomic E-state index is 15.0. The molecule has 6 aromatic rings. The SMILES string of the molecule is O=c1[nH]c2ccc(-n3nnc4c(F)cc(-c5ccnn5Cc5ccc(F)cn5)cc43)cc2[nH]1. The van der Waals surface area contributed by atoms with E-state index in [-0.39, 0.29) is 17.8 Å². The van der Waals surface area contributed by atoms with Gasteiger partial charge in [-0.1, -0.05) is 5.21 Å². The monoisotopic (exact) mass is 444 g/mol. The minimum Gasteiger partial charge on any atom is -0.306 e. The standard InChI is InChI=1S/C22H14F2N8O/c23-13-1-2-14(25-10-13)11-31-19(5-6-26-31)12-7-16(24)21-20(8-12)32(30-29-21)15-3-4-17-18(9-15)28-22(33)27-17/h1-10H,11H2,(H2,27,28,33). The first-order valence-corrected chi connectivity index (χ1v) is 9.95. The number of nitrogens with zero attached hydrogens (tertiary/aromatic N) is 6. The molecule has 0 aliphatic carbocycles. The Morgan fingerprint density at radius 2 is 1.85 bits per heavy atom. The smallest absolute Gasteiger partial charge is 0.306 e. The Bertz CT molecular complexity index is 1690. The number of benzene rings is 2. The van der Waals surface area contributed by atoms with E-state index in [1.54, 1.807) is 47.3 Å². The lowest BCUT2D eigenvalue weighted by Gasteiger charge is -2.09. The fourth-order valence-electron chi connectivity index (χ4n) is 3.83. The maximum Gasteiger partial charge on any atom is 0.323 e. The molecule has 4 aromatic heterocycles. The van der Waals surface area contributed by atoms with Crippen LogP contribution in [0.25, 0.3) is 39.0 Å². The van der Waals surface area contributed by atoms with Crippen LogP contribution in [0.1, 0.15) is 5.69 Å². The summed E-state index contributed by atoms with van der Waals surface area (Å²) in [6.07, 6.45) is 2.75. The second-order valence-corrected chi connectivity index (χ2v) is 7.48. The molecule has 9 nitrogen and oxygen atoms in total. The molecule has 33 heavy (non-hydrogen) atoms. The van der Waals surface area contributed by atoms with Gasteiger partial charge in [0.05, 0.1) is 46.4 Å². The lowest BCUT2D eigenvalue weighted by Crippen LogP contribution is -2.05. The van der Waals surface area contributed by atoms with Crippen LogP contribution >= 0.6 is 0 Å². The molecule has 0 unspecified atom stereocenters. The minimum atomic E-state index is -0.530. The predicted octanol–water partition coefficient (Wildman–Crippen LogP) is 3.18. The van der Waals surface area contributed by atoms with E-state index >= 15 is 0 Å². The van der Waals surface area contributed by atoms with Gasteiger partial charge in [0, 0.05) is 11.8 Å². The van der Waals surface area contributed by atoms with Crippen molar-refractivity contribution in [2.24, 2.45) is 0 Å². The van der Waals surface area contributed by atoms with Gasteiger partial charge >= 0.3 is 5.69 Å². The summed E-state index contributed by atoms with van der Waals surface area (Å²) in [7, 11) is 0. The Balaban J connectivity index is 1.45. The molecule has 0 bridgehead atoms. The third-order valence-corrected chi connectivity index (χ3v) is 5.36. The fraction of sp³-hybridized carbons (Fsp3) is 0.0455. The molecule has 0 saturated carbocycles. The average molecular weight is 444 g/mol. The number of fused-ring (bicyclic) bond motifs is 2. The largest absolute Gasteiger partial charge is 0.323 e. The molecule has 0 atom stereocenters. The molecule has 0 aliphatic heterocycles. The van der Waals surface area contributed by atoms with E-state index in [4.69, 9.17) is 0 Å². The summed E-state index contributed by atoms with van der Waals surface area (Å²) in [5, 5.41) is 12.4. The van der Waals surface area contributed by atoms with Crippen molar-refractivity contribution < 1.29 is 8.78 Å². The van der Waals surface area contributed by atoms with E-state index in [1.165, 1.54) is 16.8 Å². The molecule has 0 aliphatic rings. The number of halogens is 2. The number of rotatable bonds is 4. The van der Waals surface area contributed by atoms with E-state index in [2.05, 4.69) is 30.4 Å². The molecular formula is C22H14F2N8O. The van der Waals surface area contributed by atoms with Gasteiger partial charge in [-0.05, 0) is 48.5 Å². The highest BCUT2D eigenvalue weighted by atomic mass is 19.1. The lowest BCUT2D eigenvalue weighted by atomic mass is 10.1. The van der Waals surface area contributed by atoms with Gasteiger partial charge in [0.2, 0.25) is 0 Å². The van der Waals surface area contributed by atoms with Gasteiger partial charge in [-0.15, -0.1) is 5.10 Å². The van der Waals surface area contributed by atoms with Crippen LogP contribution in [0.2, 0.25) is 0 Å². The van der Waals surface area contributed by atoms with Crippen LogP contribution in [0.3, 0.4) is 0 Å². The van der Waals surface area contributed by atoms with Gasteiger partial charge in [0.25, 0.3) is 0 Å². The minimum absolute atomic E-state index is 0.118. The van der Waals surface area contributed by atoms with Crippen LogP contribution in [0.4, 0.5) is 8.78 Å². The molecule has 11 heteroatoms. The highest BCUT2D eigenvalue weighted by Crippen LogP contribution is 2.28. The molecule has 0 spiro atoms. The number of hydrogen-bond donors (Lipinski definition) is 2. The first kappa shape index (κ1) is 19.0. The number of pyridine rings is 1. The molecule has 0 amide bonds. The third kappa shape index (κ3) is 3.26. The number of hydrogen-bond acceptors (Lipinski definition) is 5. The first-order chi connectivity index (χ1) is 16.0. The second kappa shape index (κ2) is 7.19. The molecular weight excluding hydrogens is 430 g/mol. The zero-order valence-corrected chi connectivity index (χ0v) is 16.8. The van der Waals surface area contributed by atoms with Crippen LogP contribution in [-0.4, -0.2) is 39.7 Å². The highest BCUT2D eigenvalue weighted by molar-refractivity contribution is 5.84. The fourth-order valence-corrected chi connectivity index (χ4v) is 3.83. The van der Waals surface area contributed by atoms with Crippen molar-refractivity contribution >= 4 is 22.1 Å². The first-order valence-electron chi connectivity index (χ1n) is 9.95. The van der Waals surface area contributed by atoms with Crippen LogP contribution in [0.5, 0.6) is 0 Å². The van der Waals surface area contributed by atoms with Crippen molar-refractivity contribution in [3.63, 3.8) is 0 Å². The Morgan fingerprint density at radius 1 is 0.970 bits per heavy atom. The van der Waals surface area contributed by atoms with E-state index in [0.29, 0.717) is 39.2 Å². The van der Waals surface area contributed by atoms with Crippen LogP contribution in [0, 0.1) is 11.6 Å². The van der Waals surface area contributed by atoms with Crippen molar-refractivity contribution in [3.05, 3.63) is 88.7 Å². The van der Waals surface area contributed by atoms with Crippen molar-refractivity contribution in [1.82, 2.24) is 39.7 Å². The van der Waals surface area contributed by atoms with Crippen molar-refractivity contribution in [3.8, 4) is 16.9 Å². The van der Waals surface area contributed by atoms with Crippen molar-refractivity contribution in [2.45, 2.75) is 6.54 Å². The van der Waals surface area contributed by atoms with E-state index in [0.717, 1.165) is 6.20 Å². The Kier molecular flexibility index (Phi) is 4.15. The normalized spacial score (nSPS) is 11.6. The molecule has 0 saturated heterocycles. The average Bonchev–Trinajstić information content (AvgIpc) is 3.52. The summed E-state index contributed by atoms with van der Waals surface area (Å²) in [6.45, 7) is 0.289. The molecule has 2 N–H and O–H groups in total. The van der Waals surface area contributed by atoms with Gasteiger partial charge in [0.1, 0.15) is 11.3 Å². The summed E-state index contributed by atoms with van der Waals surface area (Å²) in [4.78, 5) is 21.0. The Labute approximate surface area is 183 Å². The van der Waals surface area contributed by atoms with Gasteiger partial charge in [-0.3, -0.25) is 9.67 Å². The number of aromatic nitrogens is 8. The zero-order chi connectivity index (χ0) is 22.5. The molecule has 6 rings (SSSR count). The van der Waals surface area contributed by atoms with Gasteiger partial charge < -0.3 is 9.97 Å². The van der Waals surface area contributed by atoms with Gasteiger partial charge in [-0.25, -0.2) is 18.3 Å². The predicted molar refractivity (Wildman–Crippen MR) is 116 cm³/mol. The number of imidazole rings is 1. The summed E-state index contributed by atoms with van der Waals surface area (Å²) in [5.74, 6) is -0.952. The van der Waals surface area contributed by atoms with E-state index in [1.807, 2.05) is 0 Å². The molecule has 2 aromatic carbocycles. The Hall–Kier alpha value is -4.67. The Morgan fingerprint density at radius 3 is 2.70 bits per heavy atom. The summed E-state index contributed by atoms with van der Waals surface area (Å²) in [5.41, 5.74) is 3.95. The topological polar surface area (TPSA) is 110 Å².